The fraction of sp³-hybridized carbons (Fsp3) is 0. The van der Waals surface area contributed by atoms with Crippen LogP contribution in [0.2, 0.25) is 0 Å². The molecule has 0 atom stereocenters. The lowest BCUT2D eigenvalue weighted by molar-refractivity contribution is 1.27. The van der Waals surface area contributed by atoms with Crippen molar-refractivity contribution in [2.24, 2.45) is 0 Å². The quantitative estimate of drug-likeness (QED) is 0.552. The van der Waals surface area contributed by atoms with Crippen LogP contribution >= 0.6 is 22.6 Å². The Kier molecular flexibility index (Phi) is 2.36. The third kappa shape index (κ3) is 1.59. The van der Waals surface area contributed by atoms with Gasteiger partial charge >= 0.3 is 0 Å². The van der Waals surface area contributed by atoms with E-state index in [2.05, 4.69) is 43.6 Å². The maximum atomic E-state index is 4.30. The van der Waals surface area contributed by atoms with E-state index < -0.39 is 0 Å². The Bertz CT molecular complexity index is 628. The summed E-state index contributed by atoms with van der Waals surface area (Å²) in [7, 11) is 0. The molecule has 0 saturated heterocycles. The molecule has 0 fully saturated rings. The van der Waals surface area contributed by atoms with Gasteiger partial charge in [0.1, 0.15) is 3.70 Å². The van der Waals surface area contributed by atoms with Gasteiger partial charge in [0.05, 0.1) is 11.7 Å². The Morgan fingerprint density at radius 2 is 2.06 bits per heavy atom. The van der Waals surface area contributed by atoms with Crippen molar-refractivity contribution in [1.29, 1.82) is 0 Å². The largest absolute Gasteiger partial charge is 0.359 e. The first-order chi connectivity index (χ1) is 7.84. The second-order valence-electron chi connectivity index (χ2n) is 3.49. The highest BCUT2D eigenvalue weighted by Crippen LogP contribution is 2.27. The van der Waals surface area contributed by atoms with Crippen molar-refractivity contribution in [1.82, 2.24) is 15.0 Å². The zero-order valence-electron chi connectivity index (χ0n) is 8.31. The number of nitrogens with zero attached hydrogens (tertiary/aromatic N) is 2. The molecule has 0 aliphatic carbocycles. The van der Waals surface area contributed by atoms with Crippen LogP contribution in [0, 0.1) is 3.70 Å². The van der Waals surface area contributed by atoms with Gasteiger partial charge in [-0.2, -0.15) is 0 Å². The minimum absolute atomic E-state index is 1.00. The number of aromatic nitrogens is 3. The lowest BCUT2D eigenvalue weighted by Gasteiger charge is -1.98. The van der Waals surface area contributed by atoms with Gasteiger partial charge in [-0.05, 0) is 34.7 Å². The van der Waals surface area contributed by atoms with Gasteiger partial charge < -0.3 is 4.98 Å². The van der Waals surface area contributed by atoms with Crippen LogP contribution in [0.3, 0.4) is 0 Å². The molecule has 3 nitrogen and oxygen atoms in total. The first kappa shape index (κ1) is 9.77. The van der Waals surface area contributed by atoms with Crippen LogP contribution < -0.4 is 0 Å². The number of aromatic amines is 1. The van der Waals surface area contributed by atoms with Crippen molar-refractivity contribution in [2.45, 2.75) is 0 Å². The molecule has 78 valence electrons. The van der Waals surface area contributed by atoms with Gasteiger partial charge in [0, 0.05) is 35.1 Å². The number of fused-ring (bicyclic) bond motifs is 1. The maximum Gasteiger partial charge on any atom is 0.101 e. The van der Waals surface area contributed by atoms with Crippen molar-refractivity contribution < 1.29 is 0 Å². The summed E-state index contributed by atoms with van der Waals surface area (Å²) in [6, 6.07) is 6.10. The molecule has 3 aromatic heterocycles. The van der Waals surface area contributed by atoms with Gasteiger partial charge in [-0.25, -0.2) is 4.98 Å². The van der Waals surface area contributed by atoms with E-state index in [9.17, 15) is 0 Å². The van der Waals surface area contributed by atoms with E-state index in [4.69, 9.17) is 0 Å². The predicted molar refractivity (Wildman–Crippen MR) is 72.0 cm³/mol. The summed E-state index contributed by atoms with van der Waals surface area (Å²) in [6.45, 7) is 0. The van der Waals surface area contributed by atoms with Gasteiger partial charge in [-0.15, -0.1) is 0 Å². The van der Waals surface area contributed by atoms with Crippen LogP contribution in [-0.4, -0.2) is 15.0 Å². The number of nitrogens with one attached hydrogen (secondary N) is 1. The number of hydrogen-bond donors (Lipinski definition) is 1. The summed E-state index contributed by atoms with van der Waals surface area (Å²) in [5.41, 5.74) is 3.34. The zero-order chi connectivity index (χ0) is 11.0. The third-order valence-corrected chi connectivity index (χ3v) is 3.16. The molecular formula is C12H8IN3. The number of H-pyrrole nitrogens is 1. The molecule has 4 heteroatoms. The van der Waals surface area contributed by atoms with Gasteiger partial charge in [-0.3, -0.25) is 4.98 Å². The normalized spacial score (nSPS) is 10.8. The van der Waals surface area contributed by atoms with E-state index >= 15 is 0 Å². The number of hydrogen-bond acceptors (Lipinski definition) is 2. The van der Waals surface area contributed by atoms with E-state index in [0.717, 1.165) is 14.8 Å². The molecule has 0 saturated carbocycles. The highest BCUT2D eigenvalue weighted by Gasteiger charge is 2.05. The number of pyridine rings is 2. The zero-order valence-corrected chi connectivity index (χ0v) is 10.5. The van der Waals surface area contributed by atoms with E-state index in [1.165, 1.54) is 10.9 Å². The highest BCUT2D eigenvalue weighted by molar-refractivity contribution is 14.1. The van der Waals surface area contributed by atoms with Crippen LogP contribution in [0.5, 0.6) is 0 Å². The first-order valence-corrected chi connectivity index (χ1v) is 5.95. The lowest BCUT2D eigenvalue weighted by atomic mass is 10.1. The van der Waals surface area contributed by atoms with Crippen molar-refractivity contribution in [3.8, 4) is 11.1 Å². The van der Waals surface area contributed by atoms with Crippen LogP contribution in [0.15, 0.2) is 43.0 Å². The Balaban J connectivity index is 2.22. The standard InChI is InChI=1S/C12H8IN3/c13-12-2-1-8(5-16-12)10-6-15-11-7-14-4-3-9(10)11/h1-7,15H. The Labute approximate surface area is 106 Å². The molecule has 0 amide bonds. The highest BCUT2D eigenvalue weighted by atomic mass is 127. The topological polar surface area (TPSA) is 41.6 Å². The minimum Gasteiger partial charge on any atom is -0.359 e. The molecule has 0 aliphatic heterocycles. The fourth-order valence-electron chi connectivity index (χ4n) is 1.75. The van der Waals surface area contributed by atoms with E-state index in [1.807, 2.05) is 30.7 Å². The lowest BCUT2D eigenvalue weighted by Crippen LogP contribution is -1.81. The summed E-state index contributed by atoms with van der Waals surface area (Å²) in [5.74, 6) is 0. The minimum atomic E-state index is 1.00. The molecule has 1 N–H and O–H groups in total. The monoisotopic (exact) mass is 321 g/mol. The number of halogens is 1. The van der Waals surface area contributed by atoms with Crippen LogP contribution in [0.1, 0.15) is 0 Å². The van der Waals surface area contributed by atoms with E-state index in [0.29, 0.717) is 0 Å². The van der Waals surface area contributed by atoms with Crippen molar-refractivity contribution >= 4 is 33.5 Å². The Morgan fingerprint density at radius 3 is 2.88 bits per heavy atom. The summed E-state index contributed by atoms with van der Waals surface area (Å²) in [4.78, 5) is 11.6. The molecule has 3 aromatic rings. The molecule has 0 unspecified atom stereocenters. The van der Waals surface area contributed by atoms with Gasteiger partial charge in [-0.1, -0.05) is 6.07 Å². The van der Waals surface area contributed by atoms with Gasteiger partial charge in [0.2, 0.25) is 0 Å². The fourth-order valence-corrected chi connectivity index (χ4v) is 2.07. The molecule has 16 heavy (non-hydrogen) atoms. The average Bonchev–Trinajstić information content (AvgIpc) is 2.74. The van der Waals surface area contributed by atoms with Gasteiger partial charge in [0.15, 0.2) is 0 Å². The Morgan fingerprint density at radius 1 is 1.12 bits per heavy atom. The predicted octanol–water partition coefficient (Wildman–Crippen LogP) is 3.23. The summed E-state index contributed by atoms with van der Waals surface area (Å²) in [6.07, 6.45) is 7.53. The molecule has 0 radical (unpaired) electrons. The molecule has 0 spiro atoms. The van der Waals surface area contributed by atoms with E-state index in [1.54, 1.807) is 6.20 Å². The molecule has 3 rings (SSSR count). The van der Waals surface area contributed by atoms with Gasteiger partial charge in [0.25, 0.3) is 0 Å². The summed E-state index contributed by atoms with van der Waals surface area (Å²) < 4.78 is 1.00. The van der Waals surface area contributed by atoms with Crippen LogP contribution in [0.4, 0.5) is 0 Å². The maximum absolute atomic E-state index is 4.30. The molecule has 0 bridgehead atoms. The second kappa shape index (κ2) is 3.86. The molecule has 0 aliphatic rings. The van der Waals surface area contributed by atoms with Crippen molar-refractivity contribution in [2.75, 3.05) is 0 Å². The van der Waals surface area contributed by atoms with Crippen molar-refractivity contribution in [3.05, 3.63) is 46.7 Å². The summed E-state index contributed by atoms with van der Waals surface area (Å²) >= 11 is 2.20. The summed E-state index contributed by atoms with van der Waals surface area (Å²) in [5, 5.41) is 1.18. The molecule has 0 aromatic carbocycles. The Hall–Kier alpha value is -1.43. The van der Waals surface area contributed by atoms with Crippen molar-refractivity contribution in [3.63, 3.8) is 0 Å². The number of rotatable bonds is 1. The molecular weight excluding hydrogens is 313 g/mol. The van der Waals surface area contributed by atoms with Crippen LogP contribution in [-0.2, 0) is 0 Å². The SMILES string of the molecule is Ic1ccc(-c2c[nH]c3cnccc23)cn1. The van der Waals surface area contributed by atoms with Crippen LogP contribution in [0.25, 0.3) is 22.0 Å². The average molecular weight is 321 g/mol. The molecule has 3 heterocycles. The smallest absolute Gasteiger partial charge is 0.101 e. The van der Waals surface area contributed by atoms with E-state index in [-0.39, 0.29) is 0 Å². The second-order valence-corrected chi connectivity index (χ2v) is 4.60. The first-order valence-electron chi connectivity index (χ1n) is 4.87. The third-order valence-electron chi connectivity index (χ3n) is 2.52.